The summed E-state index contributed by atoms with van der Waals surface area (Å²) in [6, 6.07) is 0. The number of ether oxygens (including phenoxy) is 1. The van der Waals surface area contributed by atoms with Gasteiger partial charge in [-0.3, -0.25) is 0 Å². The lowest BCUT2D eigenvalue weighted by molar-refractivity contribution is -0.165. The minimum absolute atomic E-state index is 0.199. The Labute approximate surface area is 64.8 Å². The van der Waals surface area contributed by atoms with Crippen molar-refractivity contribution in [1.29, 1.82) is 0 Å². The lowest BCUT2D eigenvalue weighted by Crippen LogP contribution is -2.40. The molecule has 1 atom stereocenters. The van der Waals surface area contributed by atoms with Crippen LogP contribution in [0.1, 0.15) is 6.92 Å². The Bertz CT molecular complexity index is 177. The van der Waals surface area contributed by atoms with Gasteiger partial charge in [-0.1, -0.05) is 5.92 Å². The van der Waals surface area contributed by atoms with Crippen molar-refractivity contribution in [1.82, 2.24) is 0 Å². The second kappa shape index (κ2) is 3.96. The van der Waals surface area contributed by atoms with Crippen molar-refractivity contribution in [3.05, 3.63) is 0 Å². The van der Waals surface area contributed by atoms with Gasteiger partial charge in [0.05, 0.1) is 6.61 Å². The van der Waals surface area contributed by atoms with E-state index in [1.807, 2.05) is 0 Å². The lowest BCUT2D eigenvalue weighted by atomic mass is 10.1. The van der Waals surface area contributed by atoms with E-state index in [0.29, 0.717) is 0 Å². The van der Waals surface area contributed by atoms with Gasteiger partial charge in [-0.15, -0.1) is 6.42 Å². The topological polar surface area (TPSA) is 66.8 Å². The summed E-state index contributed by atoms with van der Waals surface area (Å²) in [7, 11) is 0. The molecule has 0 aliphatic heterocycles. The first-order chi connectivity index (χ1) is 5.04. The summed E-state index contributed by atoms with van der Waals surface area (Å²) in [6.07, 6.45) is 4.79. The number of hydrogen-bond acceptors (Lipinski definition) is 4. The van der Waals surface area contributed by atoms with Gasteiger partial charge < -0.3 is 14.9 Å². The van der Waals surface area contributed by atoms with Gasteiger partial charge >= 0.3 is 5.97 Å². The molecule has 11 heavy (non-hydrogen) atoms. The summed E-state index contributed by atoms with van der Waals surface area (Å²) in [4.78, 5) is 10.7. The molecule has 0 aromatic heterocycles. The number of carbonyl (C=O) groups excluding carboxylic acids is 1. The first-order valence-electron chi connectivity index (χ1n) is 2.98. The highest BCUT2D eigenvalue weighted by atomic mass is 16.6. The van der Waals surface area contributed by atoms with E-state index < -0.39 is 18.2 Å². The normalized spacial score (nSPS) is 14.7. The van der Waals surface area contributed by atoms with E-state index in [-0.39, 0.29) is 6.61 Å². The van der Waals surface area contributed by atoms with Gasteiger partial charge in [0.15, 0.2) is 12.2 Å². The largest absolute Gasteiger partial charge is 0.450 e. The summed E-state index contributed by atoms with van der Waals surface area (Å²) >= 11 is 0. The highest BCUT2D eigenvalue weighted by Crippen LogP contribution is 2.03. The maximum atomic E-state index is 10.7. The Hall–Kier alpha value is -1.05. The van der Waals surface area contributed by atoms with Gasteiger partial charge in [0.2, 0.25) is 0 Å². The number of hydrogen-bond donors (Lipinski definition) is 2. The predicted octanol–water partition coefficient (Wildman–Crippen LogP) is -1.09. The SMILES string of the molecule is C#CCOC(=O)C(C)(O)CO. The third kappa shape index (κ3) is 3.03. The van der Waals surface area contributed by atoms with Crippen LogP contribution in [0.4, 0.5) is 0 Å². The quantitative estimate of drug-likeness (QED) is 0.404. The maximum Gasteiger partial charge on any atom is 0.341 e. The van der Waals surface area contributed by atoms with Gasteiger partial charge in [0.25, 0.3) is 0 Å². The zero-order chi connectivity index (χ0) is 8.91. The number of aliphatic hydroxyl groups excluding tert-OH is 1. The first-order valence-corrected chi connectivity index (χ1v) is 2.98. The fraction of sp³-hybridized carbons (Fsp3) is 0.571. The van der Waals surface area contributed by atoms with Crippen LogP contribution in [-0.4, -0.2) is 35.0 Å². The summed E-state index contributed by atoms with van der Waals surface area (Å²) < 4.78 is 4.36. The van der Waals surface area contributed by atoms with E-state index in [0.717, 1.165) is 6.92 Å². The molecule has 0 spiro atoms. The van der Waals surface area contributed by atoms with Gasteiger partial charge in [-0.05, 0) is 6.92 Å². The van der Waals surface area contributed by atoms with Crippen LogP contribution in [0.5, 0.6) is 0 Å². The van der Waals surface area contributed by atoms with E-state index in [2.05, 4.69) is 10.7 Å². The average Bonchev–Trinajstić information content (AvgIpc) is 2.00. The van der Waals surface area contributed by atoms with Crippen molar-refractivity contribution in [2.24, 2.45) is 0 Å². The molecule has 0 aliphatic carbocycles. The molecule has 62 valence electrons. The summed E-state index contributed by atoms with van der Waals surface area (Å²) in [5, 5.41) is 17.5. The number of terminal acetylenes is 1. The molecule has 4 nitrogen and oxygen atoms in total. The zero-order valence-corrected chi connectivity index (χ0v) is 6.20. The molecule has 0 aromatic carbocycles. The summed E-state index contributed by atoms with van der Waals surface area (Å²) in [6.45, 7) is 0.261. The van der Waals surface area contributed by atoms with Crippen LogP contribution in [0, 0.1) is 12.3 Å². The molecular weight excluding hydrogens is 148 g/mol. The van der Waals surface area contributed by atoms with Crippen LogP contribution >= 0.6 is 0 Å². The Kier molecular flexibility index (Phi) is 3.58. The Morgan fingerprint density at radius 3 is 2.73 bits per heavy atom. The number of rotatable bonds is 3. The molecule has 0 saturated carbocycles. The van der Waals surface area contributed by atoms with Crippen molar-refractivity contribution >= 4 is 5.97 Å². The van der Waals surface area contributed by atoms with Crippen LogP contribution in [0.25, 0.3) is 0 Å². The molecule has 0 amide bonds. The highest BCUT2D eigenvalue weighted by molar-refractivity contribution is 5.78. The molecule has 0 bridgehead atoms. The lowest BCUT2D eigenvalue weighted by Gasteiger charge is -2.16. The predicted molar refractivity (Wildman–Crippen MR) is 37.5 cm³/mol. The fourth-order valence-electron chi connectivity index (χ4n) is 0.327. The molecule has 0 heterocycles. The third-order valence-electron chi connectivity index (χ3n) is 1.03. The van der Waals surface area contributed by atoms with Gasteiger partial charge in [-0.2, -0.15) is 0 Å². The van der Waals surface area contributed by atoms with E-state index in [9.17, 15) is 4.79 Å². The van der Waals surface area contributed by atoms with E-state index in [1.165, 1.54) is 0 Å². The van der Waals surface area contributed by atoms with Crippen molar-refractivity contribution in [2.45, 2.75) is 12.5 Å². The minimum atomic E-state index is -1.85. The molecule has 0 fully saturated rings. The molecule has 1 unspecified atom stereocenters. The van der Waals surface area contributed by atoms with E-state index >= 15 is 0 Å². The highest BCUT2D eigenvalue weighted by Gasteiger charge is 2.30. The number of aliphatic hydroxyl groups is 2. The van der Waals surface area contributed by atoms with Crippen LogP contribution in [-0.2, 0) is 9.53 Å². The van der Waals surface area contributed by atoms with Gasteiger partial charge in [0, 0.05) is 0 Å². The molecule has 4 heteroatoms. The molecule has 0 rings (SSSR count). The average molecular weight is 158 g/mol. The molecule has 0 saturated heterocycles. The maximum absolute atomic E-state index is 10.7. The molecule has 2 N–H and O–H groups in total. The van der Waals surface area contributed by atoms with Crippen molar-refractivity contribution in [3.63, 3.8) is 0 Å². The van der Waals surface area contributed by atoms with Gasteiger partial charge in [0.1, 0.15) is 0 Å². The number of esters is 1. The Morgan fingerprint density at radius 2 is 2.36 bits per heavy atom. The third-order valence-corrected chi connectivity index (χ3v) is 1.03. The molecule has 0 aromatic rings. The van der Waals surface area contributed by atoms with Crippen LogP contribution in [0.3, 0.4) is 0 Å². The van der Waals surface area contributed by atoms with Crippen LogP contribution < -0.4 is 0 Å². The molecule has 0 aliphatic rings. The fourth-order valence-corrected chi connectivity index (χ4v) is 0.327. The first kappa shape index (κ1) is 9.95. The second-order valence-corrected chi connectivity index (χ2v) is 2.21. The molecular formula is C7H10O4. The van der Waals surface area contributed by atoms with E-state index in [4.69, 9.17) is 16.6 Å². The summed E-state index contributed by atoms with van der Waals surface area (Å²) in [5.41, 5.74) is -1.85. The zero-order valence-electron chi connectivity index (χ0n) is 6.20. The Balaban J connectivity index is 3.94. The smallest absolute Gasteiger partial charge is 0.341 e. The van der Waals surface area contributed by atoms with Crippen molar-refractivity contribution in [3.8, 4) is 12.3 Å². The second-order valence-electron chi connectivity index (χ2n) is 2.21. The Morgan fingerprint density at radius 1 is 1.82 bits per heavy atom. The van der Waals surface area contributed by atoms with Crippen LogP contribution in [0.15, 0.2) is 0 Å². The number of carbonyl (C=O) groups is 1. The monoisotopic (exact) mass is 158 g/mol. The van der Waals surface area contributed by atoms with Crippen molar-refractivity contribution < 1.29 is 19.7 Å². The summed E-state index contributed by atoms with van der Waals surface area (Å²) in [5.74, 6) is 1.14. The van der Waals surface area contributed by atoms with Crippen molar-refractivity contribution in [2.75, 3.05) is 13.2 Å². The van der Waals surface area contributed by atoms with Gasteiger partial charge in [-0.25, -0.2) is 4.79 Å². The standard InChI is InChI=1S/C7H10O4/c1-3-4-11-6(9)7(2,10)5-8/h1,8,10H,4-5H2,2H3. The van der Waals surface area contributed by atoms with Crippen LogP contribution in [0.2, 0.25) is 0 Å². The minimum Gasteiger partial charge on any atom is -0.450 e. The van der Waals surface area contributed by atoms with E-state index in [1.54, 1.807) is 0 Å². The molecule has 0 radical (unpaired) electrons.